The first-order valence-corrected chi connectivity index (χ1v) is 7.24. The van der Waals surface area contributed by atoms with Crippen molar-refractivity contribution in [1.29, 1.82) is 0 Å². The molecule has 2 N–H and O–H groups in total. The van der Waals surface area contributed by atoms with Crippen LogP contribution in [-0.2, 0) is 0 Å². The van der Waals surface area contributed by atoms with E-state index in [1.165, 1.54) is 18.4 Å². The highest BCUT2D eigenvalue weighted by molar-refractivity contribution is 6.02. The predicted octanol–water partition coefficient (Wildman–Crippen LogP) is 1.85. The van der Waals surface area contributed by atoms with Gasteiger partial charge in [-0.15, -0.1) is 0 Å². The minimum Gasteiger partial charge on any atom is -0.459 e. The second-order valence-electron chi connectivity index (χ2n) is 5.13. The number of rotatable bonds is 4. The van der Waals surface area contributed by atoms with E-state index in [4.69, 9.17) is 4.42 Å². The quantitative estimate of drug-likeness (QED) is 0.659. The van der Waals surface area contributed by atoms with Crippen molar-refractivity contribution in [2.24, 2.45) is 0 Å². The normalized spacial score (nSPS) is 14.5. The molecule has 0 radical (unpaired) electrons. The fraction of sp³-hybridized carbons (Fsp3) is 0.267. The number of hydrogen-bond acceptors (Lipinski definition) is 6. The minimum absolute atomic E-state index is 0.0239. The van der Waals surface area contributed by atoms with Crippen LogP contribution in [0.4, 0.5) is 17.1 Å². The third kappa shape index (κ3) is 3.32. The first-order valence-electron chi connectivity index (χ1n) is 7.24. The standard InChI is InChI=1S/C15H16N4O4/c20-15(14-2-1-9-23-14)17-11-3-4-12(13(10-11)19(21)22)18-7-5-16-6-8-18/h1-4,9-10,16H,5-8H2,(H,17,20). The Morgan fingerprint density at radius 1 is 1.30 bits per heavy atom. The summed E-state index contributed by atoms with van der Waals surface area (Å²) in [7, 11) is 0. The number of anilines is 2. The van der Waals surface area contributed by atoms with Crippen LogP contribution < -0.4 is 15.5 Å². The maximum absolute atomic E-state index is 11.9. The molecular weight excluding hydrogens is 300 g/mol. The molecule has 2 heterocycles. The number of amides is 1. The fourth-order valence-electron chi connectivity index (χ4n) is 2.52. The maximum atomic E-state index is 11.9. The van der Waals surface area contributed by atoms with Crippen LogP contribution in [-0.4, -0.2) is 37.0 Å². The first kappa shape index (κ1) is 15.0. The Bertz CT molecular complexity index is 708. The number of furan rings is 1. The number of nitrogens with one attached hydrogen (secondary N) is 2. The average molecular weight is 316 g/mol. The second-order valence-corrected chi connectivity index (χ2v) is 5.13. The molecule has 0 unspecified atom stereocenters. The van der Waals surface area contributed by atoms with Gasteiger partial charge in [0.1, 0.15) is 5.69 Å². The molecule has 0 aliphatic carbocycles. The van der Waals surface area contributed by atoms with Gasteiger partial charge in [0.05, 0.1) is 11.2 Å². The highest BCUT2D eigenvalue weighted by Crippen LogP contribution is 2.31. The van der Waals surface area contributed by atoms with Crippen molar-refractivity contribution in [2.75, 3.05) is 36.4 Å². The number of carbonyl (C=O) groups is 1. The molecule has 0 saturated carbocycles. The molecule has 1 aliphatic heterocycles. The lowest BCUT2D eigenvalue weighted by Crippen LogP contribution is -2.43. The van der Waals surface area contributed by atoms with E-state index >= 15 is 0 Å². The van der Waals surface area contributed by atoms with Gasteiger partial charge in [-0.2, -0.15) is 0 Å². The van der Waals surface area contributed by atoms with Crippen LogP contribution in [0.25, 0.3) is 0 Å². The van der Waals surface area contributed by atoms with Gasteiger partial charge < -0.3 is 20.0 Å². The van der Waals surface area contributed by atoms with Crippen molar-refractivity contribution in [3.8, 4) is 0 Å². The van der Waals surface area contributed by atoms with Crippen molar-refractivity contribution < 1.29 is 14.1 Å². The summed E-state index contributed by atoms with van der Waals surface area (Å²) in [5, 5.41) is 17.2. The third-order valence-corrected chi connectivity index (χ3v) is 3.63. The summed E-state index contributed by atoms with van der Waals surface area (Å²) in [6.45, 7) is 2.99. The Morgan fingerprint density at radius 3 is 2.74 bits per heavy atom. The SMILES string of the molecule is O=C(Nc1ccc(N2CCNCC2)c([N+](=O)[O-])c1)c1ccco1. The Kier molecular flexibility index (Phi) is 4.24. The monoisotopic (exact) mass is 316 g/mol. The van der Waals surface area contributed by atoms with E-state index in [1.54, 1.807) is 18.2 Å². The molecular formula is C15H16N4O4. The van der Waals surface area contributed by atoms with Gasteiger partial charge in [-0.3, -0.25) is 14.9 Å². The fourth-order valence-corrected chi connectivity index (χ4v) is 2.52. The van der Waals surface area contributed by atoms with Crippen LogP contribution in [0.15, 0.2) is 41.0 Å². The van der Waals surface area contributed by atoms with Gasteiger partial charge in [0, 0.05) is 37.9 Å². The molecule has 2 aromatic rings. The first-order chi connectivity index (χ1) is 11.1. The highest BCUT2D eigenvalue weighted by Gasteiger charge is 2.22. The van der Waals surface area contributed by atoms with Crippen LogP contribution in [0.2, 0.25) is 0 Å². The number of hydrogen-bond donors (Lipinski definition) is 2. The van der Waals surface area contributed by atoms with E-state index in [0.29, 0.717) is 24.5 Å². The number of piperazine rings is 1. The Morgan fingerprint density at radius 2 is 2.09 bits per heavy atom. The molecule has 23 heavy (non-hydrogen) atoms. The molecule has 1 fully saturated rings. The van der Waals surface area contributed by atoms with Crippen LogP contribution in [0.1, 0.15) is 10.6 Å². The number of carbonyl (C=O) groups excluding carboxylic acids is 1. The van der Waals surface area contributed by atoms with E-state index < -0.39 is 10.8 Å². The summed E-state index contributed by atoms with van der Waals surface area (Å²) in [5.74, 6) is -0.293. The van der Waals surface area contributed by atoms with E-state index in [2.05, 4.69) is 10.6 Å². The van der Waals surface area contributed by atoms with Gasteiger partial charge in [-0.05, 0) is 24.3 Å². The summed E-state index contributed by atoms with van der Waals surface area (Å²) in [6.07, 6.45) is 1.39. The lowest BCUT2D eigenvalue weighted by Gasteiger charge is -2.29. The molecule has 0 atom stereocenters. The molecule has 1 aromatic carbocycles. The van der Waals surface area contributed by atoms with E-state index in [1.807, 2.05) is 4.90 Å². The van der Waals surface area contributed by atoms with Crippen molar-refractivity contribution in [3.63, 3.8) is 0 Å². The Labute approximate surface area is 132 Å². The molecule has 0 spiro atoms. The third-order valence-electron chi connectivity index (χ3n) is 3.63. The van der Waals surface area contributed by atoms with Gasteiger partial charge in [-0.1, -0.05) is 0 Å². The lowest BCUT2D eigenvalue weighted by molar-refractivity contribution is -0.384. The molecule has 8 nitrogen and oxygen atoms in total. The summed E-state index contributed by atoms with van der Waals surface area (Å²) in [6, 6.07) is 7.83. The van der Waals surface area contributed by atoms with Gasteiger partial charge in [0.25, 0.3) is 11.6 Å². The highest BCUT2D eigenvalue weighted by atomic mass is 16.6. The zero-order valence-electron chi connectivity index (χ0n) is 12.3. The van der Waals surface area contributed by atoms with E-state index in [0.717, 1.165) is 13.1 Å². The van der Waals surface area contributed by atoms with Crippen molar-refractivity contribution >= 4 is 23.0 Å². The van der Waals surface area contributed by atoms with Crippen LogP contribution >= 0.6 is 0 Å². The van der Waals surface area contributed by atoms with Gasteiger partial charge in [-0.25, -0.2) is 0 Å². The summed E-state index contributed by atoms with van der Waals surface area (Å²) in [4.78, 5) is 24.8. The number of nitrogens with zero attached hydrogens (tertiary/aromatic N) is 2. The molecule has 1 aliphatic rings. The van der Waals surface area contributed by atoms with Crippen LogP contribution in [0, 0.1) is 10.1 Å². The summed E-state index contributed by atoms with van der Waals surface area (Å²) >= 11 is 0. The Hall–Kier alpha value is -2.87. The number of benzene rings is 1. The molecule has 120 valence electrons. The smallest absolute Gasteiger partial charge is 0.294 e. The molecule has 8 heteroatoms. The predicted molar refractivity (Wildman–Crippen MR) is 84.8 cm³/mol. The lowest BCUT2D eigenvalue weighted by atomic mass is 10.2. The second kappa shape index (κ2) is 6.49. The molecule has 3 rings (SSSR count). The zero-order valence-corrected chi connectivity index (χ0v) is 12.3. The van der Waals surface area contributed by atoms with Crippen molar-refractivity contribution in [2.45, 2.75) is 0 Å². The van der Waals surface area contributed by atoms with E-state index in [-0.39, 0.29) is 11.4 Å². The molecule has 1 amide bonds. The number of nitro groups is 1. The van der Waals surface area contributed by atoms with Crippen molar-refractivity contribution in [3.05, 3.63) is 52.5 Å². The largest absolute Gasteiger partial charge is 0.459 e. The maximum Gasteiger partial charge on any atom is 0.294 e. The number of nitro benzene ring substituents is 1. The summed E-state index contributed by atoms with van der Waals surface area (Å²) in [5.41, 5.74) is 0.897. The summed E-state index contributed by atoms with van der Waals surface area (Å²) < 4.78 is 5.00. The van der Waals surface area contributed by atoms with Crippen LogP contribution in [0.3, 0.4) is 0 Å². The van der Waals surface area contributed by atoms with Gasteiger partial charge >= 0.3 is 0 Å². The zero-order chi connectivity index (χ0) is 16.2. The Balaban J connectivity index is 1.84. The minimum atomic E-state index is -0.445. The van der Waals surface area contributed by atoms with Gasteiger partial charge in [0.15, 0.2) is 5.76 Å². The molecule has 0 bridgehead atoms. The average Bonchev–Trinajstić information content (AvgIpc) is 3.10. The van der Waals surface area contributed by atoms with E-state index in [9.17, 15) is 14.9 Å². The van der Waals surface area contributed by atoms with Crippen LogP contribution in [0.5, 0.6) is 0 Å². The molecule has 1 saturated heterocycles. The van der Waals surface area contributed by atoms with Crippen molar-refractivity contribution in [1.82, 2.24) is 5.32 Å². The molecule has 1 aromatic heterocycles. The van der Waals surface area contributed by atoms with Gasteiger partial charge in [0.2, 0.25) is 0 Å². The topological polar surface area (TPSA) is 101 Å².